The van der Waals surface area contributed by atoms with Gasteiger partial charge in [-0.2, -0.15) is 0 Å². The van der Waals surface area contributed by atoms with Crippen LogP contribution in [0.2, 0.25) is 0 Å². The van der Waals surface area contributed by atoms with Crippen molar-refractivity contribution in [1.82, 2.24) is 0 Å². The lowest BCUT2D eigenvalue weighted by Crippen LogP contribution is -2.10. The maximum absolute atomic E-state index is 11.4. The Morgan fingerprint density at radius 3 is 2.35 bits per heavy atom. The molecule has 1 aromatic heterocycles. The smallest absolute Gasteiger partial charge is 0.355 e. The number of benzene rings is 1. The Labute approximate surface area is 98.2 Å². The molecule has 6 heteroatoms. The largest absolute Gasteiger partial charge is 0.466 e. The van der Waals surface area contributed by atoms with Crippen LogP contribution in [-0.4, -0.2) is 9.79 Å². The lowest BCUT2D eigenvalue weighted by atomic mass is 10.3. The molecule has 0 bridgehead atoms. The van der Waals surface area contributed by atoms with Gasteiger partial charge in [-0.05, 0) is 24.3 Å². The van der Waals surface area contributed by atoms with Crippen LogP contribution in [0.3, 0.4) is 0 Å². The summed E-state index contributed by atoms with van der Waals surface area (Å²) in [6.45, 7) is 0. The fraction of sp³-hybridized carbons (Fsp3) is 0.0909. The molecule has 2 aromatic rings. The summed E-state index contributed by atoms with van der Waals surface area (Å²) in [6.07, 6.45) is 1.38. The van der Waals surface area contributed by atoms with Gasteiger partial charge in [-0.15, -0.1) is 0 Å². The van der Waals surface area contributed by atoms with E-state index in [9.17, 15) is 14.4 Å². The molecule has 0 aliphatic rings. The Balaban J connectivity index is 2.27. The molecule has 0 aliphatic carbocycles. The fourth-order valence-corrected chi connectivity index (χ4v) is 2.26. The van der Waals surface area contributed by atoms with Gasteiger partial charge in [0.2, 0.25) is 0 Å². The number of furan rings is 1. The summed E-state index contributed by atoms with van der Waals surface area (Å²) in [5.41, 5.74) is 0.622. The standard InChI is InChI=1S/C11H12NO4P/c13-17(14,15)11(10-7-4-8-16-10)12-9-5-2-1-3-6-9/h1-8,11-12H,(H2,13,14,15). The lowest BCUT2D eigenvalue weighted by Gasteiger charge is -2.18. The van der Waals surface area contributed by atoms with Crippen LogP contribution in [-0.2, 0) is 4.57 Å². The van der Waals surface area contributed by atoms with Crippen LogP contribution in [0, 0.1) is 0 Å². The van der Waals surface area contributed by atoms with E-state index in [1.807, 2.05) is 6.07 Å². The molecule has 0 amide bonds. The van der Waals surface area contributed by atoms with Crippen molar-refractivity contribution in [2.45, 2.75) is 5.78 Å². The van der Waals surface area contributed by atoms with Gasteiger partial charge in [0.05, 0.1) is 6.26 Å². The molecule has 5 nitrogen and oxygen atoms in total. The molecule has 17 heavy (non-hydrogen) atoms. The normalized spacial score (nSPS) is 13.3. The number of anilines is 1. The molecule has 1 heterocycles. The molecule has 90 valence electrons. The van der Waals surface area contributed by atoms with Gasteiger partial charge in [-0.25, -0.2) is 0 Å². The van der Waals surface area contributed by atoms with Crippen LogP contribution in [0.5, 0.6) is 0 Å². The molecule has 0 saturated heterocycles. The lowest BCUT2D eigenvalue weighted by molar-refractivity contribution is 0.354. The molecule has 0 aliphatic heterocycles. The second-order valence-electron chi connectivity index (χ2n) is 3.52. The van der Waals surface area contributed by atoms with Crippen LogP contribution in [0.1, 0.15) is 11.5 Å². The van der Waals surface area contributed by atoms with Crippen LogP contribution in [0.4, 0.5) is 5.69 Å². The maximum Gasteiger partial charge on any atom is 0.355 e. The Morgan fingerprint density at radius 1 is 1.12 bits per heavy atom. The molecule has 1 atom stereocenters. The van der Waals surface area contributed by atoms with Crippen molar-refractivity contribution in [2.24, 2.45) is 0 Å². The Morgan fingerprint density at radius 2 is 1.82 bits per heavy atom. The Bertz CT molecular complexity index is 506. The van der Waals surface area contributed by atoms with Gasteiger partial charge in [0.1, 0.15) is 5.76 Å². The van der Waals surface area contributed by atoms with E-state index in [2.05, 4.69) is 5.32 Å². The quantitative estimate of drug-likeness (QED) is 0.729. The van der Waals surface area contributed by atoms with Crippen LogP contribution in [0.15, 0.2) is 53.1 Å². The topological polar surface area (TPSA) is 82.7 Å². The van der Waals surface area contributed by atoms with E-state index >= 15 is 0 Å². The van der Waals surface area contributed by atoms with E-state index in [0.29, 0.717) is 5.69 Å². The number of nitrogens with one attached hydrogen (secondary N) is 1. The molecule has 3 N–H and O–H groups in total. The molecular formula is C11H12NO4P. The summed E-state index contributed by atoms with van der Waals surface area (Å²) in [4.78, 5) is 18.6. The summed E-state index contributed by atoms with van der Waals surface area (Å²) in [6, 6.07) is 12.0. The summed E-state index contributed by atoms with van der Waals surface area (Å²) in [5, 5.41) is 2.76. The van der Waals surface area contributed by atoms with E-state index in [1.165, 1.54) is 12.3 Å². The van der Waals surface area contributed by atoms with Crippen molar-refractivity contribution in [3.63, 3.8) is 0 Å². The SMILES string of the molecule is O=P(O)(O)C(Nc1ccccc1)c1ccco1. The zero-order chi connectivity index (χ0) is 12.3. The number of rotatable bonds is 4. The predicted octanol–water partition coefficient (Wildman–Crippen LogP) is 2.57. The molecule has 1 unspecified atom stereocenters. The van der Waals surface area contributed by atoms with Gasteiger partial charge in [0.15, 0.2) is 5.78 Å². The van der Waals surface area contributed by atoms with Gasteiger partial charge < -0.3 is 19.5 Å². The monoisotopic (exact) mass is 253 g/mol. The average Bonchev–Trinajstić information content (AvgIpc) is 2.79. The fourth-order valence-electron chi connectivity index (χ4n) is 1.46. The highest BCUT2D eigenvalue weighted by molar-refractivity contribution is 7.52. The predicted molar refractivity (Wildman–Crippen MR) is 63.6 cm³/mol. The molecule has 0 saturated carbocycles. The van der Waals surface area contributed by atoms with Gasteiger partial charge >= 0.3 is 7.60 Å². The summed E-state index contributed by atoms with van der Waals surface area (Å²) in [5.74, 6) is -0.956. The maximum atomic E-state index is 11.4. The van der Waals surface area contributed by atoms with Crippen molar-refractivity contribution in [3.05, 3.63) is 54.5 Å². The first kappa shape index (κ1) is 11.9. The van der Waals surface area contributed by atoms with Gasteiger partial charge in [0, 0.05) is 5.69 Å². The molecule has 1 aromatic carbocycles. The third kappa shape index (κ3) is 2.97. The Hall–Kier alpha value is -1.55. The molecule has 2 rings (SSSR count). The minimum absolute atomic E-state index is 0.210. The van der Waals surface area contributed by atoms with Crippen molar-refractivity contribution < 1.29 is 18.8 Å². The number of para-hydroxylation sites is 1. The van der Waals surface area contributed by atoms with Crippen molar-refractivity contribution in [3.8, 4) is 0 Å². The van der Waals surface area contributed by atoms with E-state index in [4.69, 9.17) is 4.42 Å². The molecule has 0 fully saturated rings. The number of hydrogen-bond donors (Lipinski definition) is 3. The highest BCUT2D eigenvalue weighted by atomic mass is 31.2. The van der Waals surface area contributed by atoms with E-state index < -0.39 is 13.4 Å². The van der Waals surface area contributed by atoms with Gasteiger partial charge in [0.25, 0.3) is 0 Å². The minimum atomic E-state index is -4.33. The average molecular weight is 253 g/mol. The molecule has 0 radical (unpaired) electrons. The first-order valence-corrected chi connectivity index (χ1v) is 6.66. The first-order valence-electron chi connectivity index (χ1n) is 4.97. The molecule has 0 spiro atoms. The minimum Gasteiger partial charge on any atom is -0.466 e. The Kier molecular flexibility index (Phi) is 3.33. The summed E-state index contributed by atoms with van der Waals surface area (Å²) >= 11 is 0. The van der Waals surface area contributed by atoms with Gasteiger partial charge in [-0.3, -0.25) is 4.57 Å². The zero-order valence-electron chi connectivity index (χ0n) is 8.85. The second kappa shape index (κ2) is 4.75. The summed E-state index contributed by atoms with van der Waals surface area (Å²) in [7, 11) is -4.33. The van der Waals surface area contributed by atoms with Gasteiger partial charge in [-0.1, -0.05) is 18.2 Å². The van der Waals surface area contributed by atoms with Crippen molar-refractivity contribution in [1.29, 1.82) is 0 Å². The van der Waals surface area contributed by atoms with Crippen LogP contribution < -0.4 is 5.32 Å². The van der Waals surface area contributed by atoms with Crippen LogP contribution >= 0.6 is 7.60 Å². The molecular weight excluding hydrogens is 241 g/mol. The van der Waals surface area contributed by atoms with E-state index in [0.717, 1.165) is 0 Å². The van der Waals surface area contributed by atoms with Crippen LogP contribution in [0.25, 0.3) is 0 Å². The van der Waals surface area contributed by atoms with Crippen molar-refractivity contribution in [2.75, 3.05) is 5.32 Å². The number of hydrogen-bond acceptors (Lipinski definition) is 3. The van der Waals surface area contributed by atoms with E-state index in [1.54, 1.807) is 30.3 Å². The van der Waals surface area contributed by atoms with Crippen molar-refractivity contribution >= 4 is 13.3 Å². The highest BCUT2D eigenvalue weighted by Gasteiger charge is 2.32. The third-order valence-electron chi connectivity index (χ3n) is 2.23. The highest BCUT2D eigenvalue weighted by Crippen LogP contribution is 2.51. The first-order chi connectivity index (χ1) is 8.07. The summed E-state index contributed by atoms with van der Waals surface area (Å²) < 4.78 is 16.4. The van der Waals surface area contributed by atoms with E-state index in [-0.39, 0.29) is 5.76 Å². The third-order valence-corrected chi connectivity index (χ3v) is 3.28. The second-order valence-corrected chi connectivity index (χ2v) is 5.21. The zero-order valence-corrected chi connectivity index (χ0v) is 9.75.